The molecule has 0 saturated heterocycles. The molecule has 9 heteroatoms. The summed E-state index contributed by atoms with van der Waals surface area (Å²) in [5, 5.41) is 15.3. The molecule has 0 aliphatic heterocycles. The van der Waals surface area contributed by atoms with Crippen molar-refractivity contribution in [3.8, 4) is 5.75 Å². The number of benzene rings is 3. The molecule has 0 bridgehead atoms. The molecule has 4 rings (SSSR count). The number of nitro groups is 1. The first-order valence-corrected chi connectivity index (χ1v) is 9.74. The Labute approximate surface area is 181 Å². The number of aromatic amines is 1. The highest BCUT2D eigenvalue weighted by Gasteiger charge is 2.17. The largest absolute Gasteiger partial charge is 0.487 e. The molecule has 0 aliphatic carbocycles. The molecule has 0 saturated carbocycles. The normalized spacial score (nSPS) is 10.7. The second-order valence-corrected chi connectivity index (χ2v) is 7.12. The molecular weight excluding hydrogens is 420 g/mol. The zero-order chi connectivity index (χ0) is 21.8. The lowest BCUT2D eigenvalue weighted by Crippen LogP contribution is -2.10. The molecule has 1 heterocycles. The molecule has 0 amide bonds. The van der Waals surface area contributed by atoms with Crippen LogP contribution in [-0.2, 0) is 13.2 Å². The summed E-state index contributed by atoms with van der Waals surface area (Å²) in [6.07, 6.45) is 1.27. The van der Waals surface area contributed by atoms with Gasteiger partial charge in [0.1, 0.15) is 18.0 Å². The maximum Gasteiger partial charge on any atom is 0.293 e. The predicted octanol–water partition coefficient (Wildman–Crippen LogP) is 4.68. The van der Waals surface area contributed by atoms with Crippen LogP contribution >= 0.6 is 11.6 Å². The summed E-state index contributed by atoms with van der Waals surface area (Å²) in [4.78, 5) is 29.5. The van der Waals surface area contributed by atoms with Gasteiger partial charge in [-0.25, -0.2) is 4.98 Å². The number of hydrogen-bond donors (Lipinski definition) is 2. The van der Waals surface area contributed by atoms with Crippen LogP contribution in [0, 0.1) is 10.1 Å². The van der Waals surface area contributed by atoms with Crippen LogP contribution in [0.3, 0.4) is 0 Å². The highest BCUT2D eigenvalue weighted by atomic mass is 35.5. The van der Waals surface area contributed by atoms with Crippen LogP contribution in [-0.4, -0.2) is 14.9 Å². The molecular formula is C22H17ClN4O4. The molecule has 31 heavy (non-hydrogen) atoms. The number of anilines is 1. The number of nitro benzene ring substituents is 1. The molecule has 0 aliphatic rings. The lowest BCUT2D eigenvalue weighted by molar-refractivity contribution is -0.383. The first-order valence-electron chi connectivity index (χ1n) is 9.37. The van der Waals surface area contributed by atoms with Gasteiger partial charge in [-0.15, -0.1) is 0 Å². The lowest BCUT2D eigenvalue weighted by atomic mass is 10.1. The van der Waals surface area contributed by atoms with Gasteiger partial charge in [0.15, 0.2) is 0 Å². The van der Waals surface area contributed by atoms with E-state index < -0.39 is 10.5 Å². The van der Waals surface area contributed by atoms with Gasteiger partial charge >= 0.3 is 0 Å². The summed E-state index contributed by atoms with van der Waals surface area (Å²) >= 11 is 6.15. The average Bonchev–Trinajstić information content (AvgIpc) is 2.77. The molecule has 0 spiro atoms. The molecule has 3 aromatic carbocycles. The van der Waals surface area contributed by atoms with Crippen molar-refractivity contribution in [3.05, 3.63) is 104 Å². The molecule has 0 atom stereocenters. The van der Waals surface area contributed by atoms with E-state index in [0.29, 0.717) is 29.4 Å². The molecule has 156 valence electrons. The van der Waals surface area contributed by atoms with E-state index in [1.54, 1.807) is 12.1 Å². The predicted molar refractivity (Wildman–Crippen MR) is 119 cm³/mol. The van der Waals surface area contributed by atoms with Crippen LogP contribution in [0.4, 0.5) is 11.4 Å². The molecule has 0 radical (unpaired) electrons. The minimum absolute atomic E-state index is 0.160. The van der Waals surface area contributed by atoms with E-state index in [-0.39, 0.29) is 16.8 Å². The van der Waals surface area contributed by atoms with Crippen LogP contribution in [0.1, 0.15) is 11.1 Å². The van der Waals surface area contributed by atoms with Gasteiger partial charge in [-0.1, -0.05) is 48.0 Å². The zero-order valence-corrected chi connectivity index (χ0v) is 16.9. The number of hydrogen-bond acceptors (Lipinski definition) is 6. The second kappa shape index (κ2) is 8.85. The Balaban J connectivity index is 1.58. The van der Waals surface area contributed by atoms with Gasteiger partial charge in [0.05, 0.1) is 27.2 Å². The van der Waals surface area contributed by atoms with Crippen molar-refractivity contribution in [2.45, 2.75) is 13.2 Å². The molecule has 1 aromatic heterocycles. The second-order valence-electron chi connectivity index (χ2n) is 6.72. The molecule has 4 aromatic rings. The van der Waals surface area contributed by atoms with Crippen molar-refractivity contribution in [2.24, 2.45) is 0 Å². The summed E-state index contributed by atoms with van der Waals surface area (Å²) in [5.41, 5.74) is 1.83. The lowest BCUT2D eigenvalue weighted by Gasteiger charge is -2.13. The summed E-state index contributed by atoms with van der Waals surface area (Å²) in [6.45, 7) is 0.607. The van der Waals surface area contributed by atoms with Crippen LogP contribution in [0.15, 0.2) is 71.8 Å². The number of rotatable bonds is 7. The number of halogens is 1. The Hall–Kier alpha value is -3.91. The van der Waals surface area contributed by atoms with Crippen molar-refractivity contribution < 1.29 is 9.66 Å². The average molecular weight is 437 g/mol. The van der Waals surface area contributed by atoms with Gasteiger partial charge in [0.2, 0.25) is 0 Å². The van der Waals surface area contributed by atoms with Crippen molar-refractivity contribution in [3.63, 3.8) is 0 Å². The smallest absolute Gasteiger partial charge is 0.293 e. The fourth-order valence-electron chi connectivity index (χ4n) is 3.17. The minimum atomic E-state index is -0.527. The van der Waals surface area contributed by atoms with Crippen molar-refractivity contribution in [1.82, 2.24) is 9.97 Å². The van der Waals surface area contributed by atoms with E-state index in [1.807, 2.05) is 36.4 Å². The quantitative estimate of drug-likeness (QED) is 0.321. The number of nitrogens with one attached hydrogen (secondary N) is 2. The van der Waals surface area contributed by atoms with E-state index in [4.69, 9.17) is 16.3 Å². The number of fused-ring (bicyclic) bond motifs is 1. The van der Waals surface area contributed by atoms with Gasteiger partial charge in [-0.3, -0.25) is 14.9 Å². The topological polar surface area (TPSA) is 110 Å². The summed E-state index contributed by atoms with van der Waals surface area (Å²) < 4.78 is 5.83. The SMILES string of the molecule is O=c1[nH]cnc2cc(NCc3ccccc3COc3ccccc3Cl)c([N+](=O)[O-])cc12. The summed E-state index contributed by atoms with van der Waals surface area (Å²) in [6, 6.07) is 17.5. The first-order chi connectivity index (χ1) is 15.0. The van der Waals surface area contributed by atoms with Crippen LogP contribution in [0.25, 0.3) is 10.9 Å². The number of nitrogens with zero attached hydrogens (tertiary/aromatic N) is 2. The Kier molecular flexibility index (Phi) is 5.81. The third kappa shape index (κ3) is 4.49. The van der Waals surface area contributed by atoms with Crippen molar-refractivity contribution >= 4 is 33.9 Å². The van der Waals surface area contributed by atoms with Crippen LogP contribution in [0.5, 0.6) is 5.75 Å². The third-order valence-electron chi connectivity index (χ3n) is 4.76. The van der Waals surface area contributed by atoms with E-state index in [1.165, 1.54) is 18.5 Å². The Morgan fingerprint density at radius 2 is 1.84 bits per heavy atom. The number of aromatic nitrogens is 2. The fraction of sp³-hybridized carbons (Fsp3) is 0.0909. The maximum absolute atomic E-state index is 11.9. The van der Waals surface area contributed by atoms with E-state index in [0.717, 1.165) is 11.1 Å². The molecule has 2 N–H and O–H groups in total. The minimum Gasteiger partial charge on any atom is -0.487 e. The maximum atomic E-state index is 11.9. The van der Waals surface area contributed by atoms with Gasteiger partial charge in [0, 0.05) is 12.6 Å². The molecule has 0 unspecified atom stereocenters. The van der Waals surface area contributed by atoms with E-state index in [2.05, 4.69) is 15.3 Å². The molecule has 8 nitrogen and oxygen atoms in total. The fourth-order valence-corrected chi connectivity index (χ4v) is 3.37. The standard InChI is InChI=1S/C22H17ClN4O4/c23-17-7-3-4-8-21(17)31-12-15-6-2-1-5-14(15)11-24-19-10-18-16(9-20(19)27(29)30)22(28)26-13-25-18/h1-10,13,24H,11-12H2,(H,25,26,28). The Morgan fingerprint density at radius 1 is 1.10 bits per heavy atom. The van der Waals surface area contributed by atoms with Gasteiger partial charge in [-0.05, 0) is 29.3 Å². The molecule has 0 fully saturated rings. The highest BCUT2D eigenvalue weighted by molar-refractivity contribution is 6.32. The van der Waals surface area contributed by atoms with Gasteiger partial charge in [-0.2, -0.15) is 0 Å². The monoisotopic (exact) mass is 436 g/mol. The van der Waals surface area contributed by atoms with Gasteiger partial charge in [0.25, 0.3) is 11.2 Å². The highest BCUT2D eigenvalue weighted by Crippen LogP contribution is 2.29. The number of para-hydroxylation sites is 1. The van der Waals surface area contributed by atoms with Gasteiger partial charge < -0.3 is 15.0 Å². The summed E-state index contributed by atoms with van der Waals surface area (Å²) in [5.74, 6) is 0.577. The van der Waals surface area contributed by atoms with Crippen molar-refractivity contribution in [2.75, 3.05) is 5.32 Å². The first kappa shape index (κ1) is 20.4. The zero-order valence-electron chi connectivity index (χ0n) is 16.2. The Bertz CT molecular complexity index is 1320. The Morgan fingerprint density at radius 3 is 2.61 bits per heavy atom. The number of ether oxygens (including phenoxy) is 1. The van der Waals surface area contributed by atoms with Crippen LogP contribution < -0.4 is 15.6 Å². The van der Waals surface area contributed by atoms with E-state index in [9.17, 15) is 14.9 Å². The summed E-state index contributed by atoms with van der Waals surface area (Å²) in [7, 11) is 0. The number of H-pyrrole nitrogens is 1. The third-order valence-corrected chi connectivity index (χ3v) is 5.07. The van der Waals surface area contributed by atoms with E-state index >= 15 is 0 Å². The van der Waals surface area contributed by atoms with Crippen molar-refractivity contribution in [1.29, 1.82) is 0 Å². The van der Waals surface area contributed by atoms with Crippen LogP contribution in [0.2, 0.25) is 5.02 Å².